The van der Waals surface area contributed by atoms with Gasteiger partial charge < -0.3 is 4.74 Å². The first-order valence-electron chi connectivity index (χ1n) is 12.4. The van der Waals surface area contributed by atoms with Gasteiger partial charge in [0.2, 0.25) is 5.92 Å². The summed E-state index contributed by atoms with van der Waals surface area (Å²) < 4.78 is 35.9. The highest BCUT2D eigenvalue weighted by Crippen LogP contribution is 2.43. The number of hydrogen-bond acceptors (Lipinski definition) is 6. The van der Waals surface area contributed by atoms with Crippen LogP contribution in [0.5, 0.6) is 0 Å². The number of fused-ring (bicyclic) bond motifs is 1. The summed E-state index contributed by atoms with van der Waals surface area (Å²) in [5, 5.41) is 4.52. The zero-order chi connectivity index (χ0) is 23.4. The molecule has 0 unspecified atom stereocenters. The zero-order valence-electron chi connectivity index (χ0n) is 19.7. The second-order valence-corrected chi connectivity index (χ2v) is 10.2. The van der Waals surface area contributed by atoms with E-state index in [0.29, 0.717) is 36.7 Å². The largest absolute Gasteiger partial charge is 0.373 e. The molecule has 3 aliphatic rings. The molecule has 0 bridgehead atoms. The van der Waals surface area contributed by atoms with E-state index in [0.717, 1.165) is 41.3 Å². The predicted molar refractivity (Wildman–Crippen MR) is 122 cm³/mol. The first-order chi connectivity index (χ1) is 16.4. The number of aryl methyl sites for hydroxylation is 2. The second kappa shape index (κ2) is 8.29. The molecule has 2 saturated carbocycles. The van der Waals surface area contributed by atoms with Crippen LogP contribution in [0.2, 0.25) is 0 Å². The highest BCUT2D eigenvalue weighted by molar-refractivity contribution is 5.73. The highest BCUT2D eigenvalue weighted by Gasteiger charge is 2.37. The smallest absolute Gasteiger partial charge is 0.248 e. The topological polar surface area (TPSA) is 78.6 Å². The molecule has 1 saturated heterocycles. The normalized spacial score (nSPS) is 25.6. The van der Waals surface area contributed by atoms with Crippen LogP contribution in [0.1, 0.15) is 104 Å². The van der Waals surface area contributed by atoms with Crippen molar-refractivity contribution in [3.05, 3.63) is 40.9 Å². The van der Waals surface area contributed by atoms with Gasteiger partial charge in [-0.05, 0) is 52.4 Å². The minimum absolute atomic E-state index is 0.0480. The van der Waals surface area contributed by atoms with Crippen LogP contribution in [-0.4, -0.2) is 42.2 Å². The summed E-state index contributed by atoms with van der Waals surface area (Å²) in [4.78, 5) is 19.3. The Morgan fingerprint density at radius 1 is 0.941 bits per heavy atom. The van der Waals surface area contributed by atoms with Crippen molar-refractivity contribution in [1.82, 2.24) is 29.7 Å². The zero-order valence-corrected chi connectivity index (χ0v) is 19.7. The van der Waals surface area contributed by atoms with Gasteiger partial charge in [-0.2, -0.15) is 5.10 Å². The van der Waals surface area contributed by atoms with Crippen LogP contribution in [0.15, 0.2) is 12.4 Å². The van der Waals surface area contributed by atoms with Gasteiger partial charge in [-0.25, -0.2) is 28.7 Å². The summed E-state index contributed by atoms with van der Waals surface area (Å²) in [5.41, 5.74) is 4.77. The van der Waals surface area contributed by atoms with Crippen molar-refractivity contribution in [1.29, 1.82) is 0 Å². The standard InChI is InChI=1S/C25H30F2N6O/c1-14-15(2)30-24-22(29-14)21(16-5-8-25(26,27)9-6-16)31-23(32-24)17-7-10-34-20(11-17)18-12-28-33(13-18)19-3-4-19/h12-13,16-17,19-20H,3-11H2,1-2H3/t17-,20+/m1/s1. The van der Waals surface area contributed by atoms with Gasteiger partial charge in [0.1, 0.15) is 11.3 Å². The molecule has 7 nitrogen and oxygen atoms in total. The van der Waals surface area contributed by atoms with Crippen molar-refractivity contribution in [2.75, 3.05) is 6.61 Å². The van der Waals surface area contributed by atoms with Crippen LogP contribution in [0.3, 0.4) is 0 Å². The first kappa shape index (κ1) is 21.9. The number of halogens is 2. The molecule has 9 heteroatoms. The van der Waals surface area contributed by atoms with Gasteiger partial charge in [-0.3, -0.25) is 4.68 Å². The maximum Gasteiger partial charge on any atom is 0.248 e. The van der Waals surface area contributed by atoms with E-state index in [9.17, 15) is 8.78 Å². The van der Waals surface area contributed by atoms with E-state index in [-0.39, 0.29) is 30.8 Å². The first-order valence-corrected chi connectivity index (χ1v) is 12.4. The molecule has 2 atom stereocenters. The summed E-state index contributed by atoms with van der Waals surface area (Å²) in [6, 6.07) is 0.535. The lowest BCUT2D eigenvalue weighted by molar-refractivity contribution is -0.0384. The van der Waals surface area contributed by atoms with Crippen molar-refractivity contribution in [3.63, 3.8) is 0 Å². The number of ether oxygens (including phenoxy) is 1. The fourth-order valence-corrected chi connectivity index (χ4v) is 5.25. The van der Waals surface area contributed by atoms with Gasteiger partial charge in [0.05, 0.1) is 35.4 Å². The third-order valence-corrected chi connectivity index (χ3v) is 7.65. The molecule has 34 heavy (non-hydrogen) atoms. The van der Waals surface area contributed by atoms with Crippen molar-refractivity contribution in [2.24, 2.45) is 0 Å². The summed E-state index contributed by atoms with van der Waals surface area (Å²) in [6.45, 7) is 4.46. The third kappa shape index (κ3) is 4.19. The Morgan fingerprint density at radius 2 is 1.71 bits per heavy atom. The Kier molecular flexibility index (Phi) is 5.35. The van der Waals surface area contributed by atoms with Crippen molar-refractivity contribution in [3.8, 4) is 0 Å². The van der Waals surface area contributed by atoms with E-state index in [1.807, 2.05) is 24.7 Å². The molecule has 0 amide bonds. The van der Waals surface area contributed by atoms with Crippen molar-refractivity contribution < 1.29 is 13.5 Å². The van der Waals surface area contributed by atoms with Gasteiger partial charge >= 0.3 is 0 Å². The lowest BCUT2D eigenvalue weighted by atomic mass is 9.84. The Balaban J connectivity index is 1.33. The molecule has 3 aromatic heterocycles. The average Bonchev–Trinajstić information content (AvgIpc) is 3.56. The molecule has 2 aliphatic carbocycles. The number of nitrogens with zero attached hydrogens (tertiary/aromatic N) is 6. The van der Waals surface area contributed by atoms with Crippen LogP contribution in [-0.2, 0) is 4.74 Å². The van der Waals surface area contributed by atoms with E-state index >= 15 is 0 Å². The molecule has 4 heterocycles. The van der Waals surface area contributed by atoms with E-state index in [4.69, 9.17) is 24.7 Å². The quantitative estimate of drug-likeness (QED) is 0.503. The monoisotopic (exact) mass is 468 g/mol. The van der Waals surface area contributed by atoms with E-state index in [2.05, 4.69) is 11.3 Å². The maximum absolute atomic E-state index is 13.9. The molecular formula is C25H30F2N6O. The highest BCUT2D eigenvalue weighted by atomic mass is 19.3. The number of alkyl halides is 2. The minimum Gasteiger partial charge on any atom is -0.373 e. The van der Waals surface area contributed by atoms with Gasteiger partial charge in [-0.1, -0.05) is 0 Å². The fourth-order valence-electron chi connectivity index (χ4n) is 5.25. The van der Waals surface area contributed by atoms with Crippen LogP contribution < -0.4 is 0 Å². The van der Waals surface area contributed by atoms with E-state index < -0.39 is 5.92 Å². The Bertz CT molecular complexity index is 1210. The number of aromatic nitrogens is 6. The predicted octanol–water partition coefficient (Wildman–Crippen LogP) is 5.50. The van der Waals surface area contributed by atoms with E-state index in [1.165, 1.54) is 12.8 Å². The van der Waals surface area contributed by atoms with Gasteiger partial charge in [0, 0.05) is 43.0 Å². The average molecular weight is 469 g/mol. The fraction of sp³-hybridized carbons (Fsp3) is 0.640. The Labute approximate surface area is 197 Å². The van der Waals surface area contributed by atoms with Crippen LogP contribution in [0.4, 0.5) is 8.78 Å². The van der Waals surface area contributed by atoms with Gasteiger partial charge in [-0.15, -0.1) is 0 Å². The molecule has 0 spiro atoms. The van der Waals surface area contributed by atoms with Gasteiger partial charge in [0.15, 0.2) is 5.65 Å². The molecular weight excluding hydrogens is 438 g/mol. The Morgan fingerprint density at radius 3 is 2.47 bits per heavy atom. The van der Waals surface area contributed by atoms with Crippen LogP contribution >= 0.6 is 0 Å². The molecule has 6 rings (SSSR count). The lowest BCUT2D eigenvalue weighted by Gasteiger charge is -2.30. The van der Waals surface area contributed by atoms with E-state index in [1.54, 1.807) is 0 Å². The molecule has 0 radical (unpaired) electrons. The van der Waals surface area contributed by atoms with Crippen molar-refractivity contribution >= 4 is 11.2 Å². The number of rotatable bonds is 4. The SMILES string of the molecule is Cc1nc2nc([C@@H]3CCO[C@H](c4cnn(C5CC5)c4)C3)nc(C3CCC(F)(F)CC3)c2nc1C. The molecule has 3 fully saturated rings. The molecule has 1 aliphatic heterocycles. The second-order valence-electron chi connectivity index (χ2n) is 10.2. The summed E-state index contributed by atoms with van der Waals surface area (Å²) in [7, 11) is 0. The number of hydrogen-bond donors (Lipinski definition) is 0. The third-order valence-electron chi connectivity index (χ3n) is 7.65. The molecule has 0 N–H and O–H groups in total. The van der Waals surface area contributed by atoms with Crippen molar-refractivity contribution in [2.45, 2.75) is 95.1 Å². The summed E-state index contributed by atoms with van der Waals surface area (Å²) in [6.07, 6.45) is 8.53. The van der Waals surface area contributed by atoms with Crippen LogP contribution in [0, 0.1) is 13.8 Å². The van der Waals surface area contributed by atoms with Gasteiger partial charge in [0.25, 0.3) is 0 Å². The molecule has 3 aromatic rings. The van der Waals surface area contributed by atoms with Crippen LogP contribution in [0.25, 0.3) is 11.2 Å². The lowest BCUT2D eigenvalue weighted by Crippen LogP contribution is -2.25. The molecule has 0 aromatic carbocycles. The maximum atomic E-state index is 13.9. The summed E-state index contributed by atoms with van der Waals surface area (Å²) >= 11 is 0. The Hall–Kier alpha value is -2.55. The minimum atomic E-state index is -2.58. The summed E-state index contributed by atoms with van der Waals surface area (Å²) in [5.74, 6) is -1.79. The molecule has 180 valence electrons.